The maximum Gasteiger partial charge on any atom is 0.0781 e. The van der Waals surface area contributed by atoms with E-state index in [4.69, 9.17) is 0 Å². The Morgan fingerprint density at radius 1 is 0.400 bits per heavy atom. The van der Waals surface area contributed by atoms with E-state index in [1.807, 2.05) is 11.3 Å². The van der Waals surface area contributed by atoms with Gasteiger partial charge >= 0.3 is 0 Å². The number of hydrogen-bond donors (Lipinski definition) is 0. The Morgan fingerprint density at radius 3 is 1.91 bits per heavy atom. The van der Waals surface area contributed by atoms with Gasteiger partial charge in [-0.1, -0.05) is 185 Å². The summed E-state index contributed by atoms with van der Waals surface area (Å²) in [7, 11) is 0. The number of thiophene rings is 1. The molecule has 0 fully saturated rings. The summed E-state index contributed by atoms with van der Waals surface area (Å²) >= 11 is 1.89. The molecule has 10 aromatic carbocycles. The van der Waals surface area contributed by atoms with E-state index in [2.05, 4.69) is 244 Å². The summed E-state index contributed by atoms with van der Waals surface area (Å²) in [5.74, 6) is 0. The zero-order chi connectivity index (χ0) is 43.6. The van der Waals surface area contributed by atoms with Gasteiger partial charge in [0.05, 0.1) is 33.1 Å². The minimum absolute atomic E-state index is 0.168. The molecule has 13 rings (SSSR count). The van der Waals surface area contributed by atoms with E-state index in [9.17, 15) is 0 Å². The second kappa shape index (κ2) is 14.0. The van der Waals surface area contributed by atoms with Crippen molar-refractivity contribution >= 4 is 87.2 Å². The minimum atomic E-state index is -0.252. The number of anilines is 6. The summed E-state index contributed by atoms with van der Waals surface area (Å²) in [6, 6.07) is 77.4. The Bertz CT molecular complexity index is 3760. The first-order chi connectivity index (χ1) is 31.8. The largest absolute Gasteiger partial charge is 0.307 e. The van der Waals surface area contributed by atoms with Crippen LogP contribution in [0.25, 0.3) is 64.0 Å². The van der Waals surface area contributed by atoms with Crippen LogP contribution in [0.4, 0.5) is 34.1 Å². The van der Waals surface area contributed by atoms with E-state index in [0.29, 0.717) is 0 Å². The van der Waals surface area contributed by atoms with Crippen molar-refractivity contribution in [1.82, 2.24) is 0 Å². The first kappa shape index (κ1) is 38.0. The van der Waals surface area contributed by atoms with Crippen LogP contribution < -0.4 is 9.80 Å². The summed E-state index contributed by atoms with van der Waals surface area (Å²) < 4.78 is 2.57. The summed E-state index contributed by atoms with van der Waals surface area (Å²) in [5, 5.41) is 7.46. The minimum Gasteiger partial charge on any atom is -0.307 e. The first-order valence-corrected chi connectivity index (χ1v) is 23.6. The van der Waals surface area contributed by atoms with Crippen molar-refractivity contribution in [2.45, 2.75) is 38.5 Å². The molecule has 310 valence electrons. The highest BCUT2D eigenvalue weighted by Gasteiger charge is 2.40. The standard InChI is InChI=1S/C62H46N2S/c1-61(2)50-23-11-9-20-46(50)47-33-32-44(38-53(47)61)63(56-26-15-22-49-48-21-10-14-27-58(48)65-60(49)56)55-35-31-40-17-7-8-19-45(40)59(55)64-54-25-13-12-24-51(54)62(3,4)52-34-30-43(37-57(52)64)42-29-28-39-16-5-6-18-41(39)36-42/h5-38H,1-4H3. The van der Waals surface area contributed by atoms with E-state index in [1.165, 1.54) is 103 Å². The van der Waals surface area contributed by atoms with Crippen molar-refractivity contribution in [2.24, 2.45) is 0 Å². The third-order valence-corrected chi connectivity index (χ3v) is 15.8. The van der Waals surface area contributed by atoms with Crippen LogP contribution in [0.1, 0.15) is 49.9 Å². The highest BCUT2D eigenvalue weighted by molar-refractivity contribution is 7.26. The van der Waals surface area contributed by atoms with Crippen molar-refractivity contribution in [3.8, 4) is 22.3 Å². The molecule has 0 N–H and O–H groups in total. The van der Waals surface area contributed by atoms with Gasteiger partial charge in [0.2, 0.25) is 0 Å². The number of benzene rings is 10. The highest BCUT2D eigenvalue weighted by Crippen LogP contribution is 2.59. The summed E-state index contributed by atoms with van der Waals surface area (Å²) in [5.41, 5.74) is 17.0. The highest BCUT2D eigenvalue weighted by atomic mass is 32.1. The molecule has 1 aliphatic heterocycles. The van der Waals surface area contributed by atoms with Gasteiger partial charge in [0.15, 0.2) is 0 Å². The molecule has 2 nitrogen and oxygen atoms in total. The zero-order valence-electron chi connectivity index (χ0n) is 36.9. The molecule has 3 heteroatoms. The van der Waals surface area contributed by atoms with Gasteiger partial charge in [0.1, 0.15) is 0 Å². The molecule has 0 amide bonds. The zero-order valence-corrected chi connectivity index (χ0v) is 37.7. The molecule has 11 aromatic rings. The molecule has 0 unspecified atom stereocenters. The fourth-order valence-electron chi connectivity index (χ4n) is 11.3. The third-order valence-electron chi connectivity index (χ3n) is 14.6. The molecule has 2 heterocycles. The molecule has 1 aromatic heterocycles. The fraction of sp³-hybridized carbons (Fsp3) is 0.0968. The average molecular weight is 851 g/mol. The van der Waals surface area contributed by atoms with E-state index in [1.54, 1.807) is 0 Å². The Morgan fingerprint density at radius 2 is 1.03 bits per heavy atom. The van der Waals surface area contributed by atoms with Crippen molar-refractivity contribution < 1.29 is 0 Å². The predicted octanol–water partition coefficient (Wildman–Crippen LogP) is 17.9. The van der Waals surface area contributed by atoms with Crippen LogP contribution in [0.15, 0.2) is 206 Å². The van der Waals surface area contributed by atoms with E-state index < -0.39 is 0 Å². The van der Waals surface area contributed by atoms with Crippen LogP contribution in [0.3, 0.4) is 0 Å². The van der Waals surface area contributed by atoms with Gasteiger partial charge in [-0.2, -0.15) is 0 Å². The lowest BCUT2D eigenvalue weighted by Gasteiger charge is -2.44. The van der Waals surface area contributed by atoms with Crippen LogP contribution >= 0.6 is 11.3 Å². The lowest BCUT2D eigenvalue weighted by molar-refractivity contribution is 0.632. The second-order valence-corrected chi connectivity index (χ2v) is 20.0. The number of nitrogens with zero attached hydrogens (tertiary/aromatic N) is 2. The molecule has 65 heavy (non-hydrogen) atoms. The summed E-state index contributed by atoms with van der Waals surface area (Å²) in [6.07, 6.45) is 0. The van der Waals surface area contributed by atoms with Gasteiger partial charge in [-0.25, -0.2) is 0 Å². The molecule has 2 aliphatic rings. The average Bonchev–Trinajstić information content (AvgIpc) is 3.84. The van der Waals surface area contributed by atoms with Gasteiger partial charge in [-0.3, -0.25) is 0 Å². The van der Waals surface area contributed by atoms with Crippen molar-refractivity contribution in [1.29, 1.82) is 0 Å². The maximum atomic E-state index is 2.60. The molecule has 0 spiro atoms. The quantitative estimate of drug-likeness (QED) is 0.170. The van der Waals surface area contributed by atoms with Crippen molar-refractivity contribution in [2.75, 3.05) is 9.80 Å². The summed E-state index contributed by atoms with van der Waals surface area (Å²) in [4.78, 5) is 5.18. The summed E-state index contributed by atoms with van der Waals surface area (Å²) in [6.45, 7) is 9.55. The molecule has 0 saturated heterocycles. The first-order valence-electron chi connectivity index (χ1n) is 22.8. The second-order valence-electron chi connectivity index (χ2n) is 18.9. The van der Waals surface area contributed by atoms with E-state index >= 15 is 0 Å². The molecular formula is C62H46N2S. The lowest BCUT2D eigenvalue weighted by Crippen LogP contribution is -2.31. The van der Waals surface area contributed by atoms with Crippen molar-refractivity contribution in [3.05, 3.63) is 229 Å². The van der Waals surface area contributed by atoms with Crippen molar-refractivity contribution in [3.63, 3.8) is 0 Å². The normalized spacial score (nSPS) is 14.4. The monoisotopic (exact) mass is 850 g/mol. The Balaban J connectivity index is 1.13. The number of fused-ring (bicyclic) bond motifs is 10. The number of rotatable bonds is 5. The smallest absolute Gasteiger partial charge is 0.0781 e. The lowest BCUT2D eigenvalue weighted by atomic mass is 9.73. The predicted molar refractivity (Wildman–Crippen MR) is 279 cm³/mol. The number of para-hydroxylation sites is 1. The molecular weight excluding hydrogens is 805 g/mol. The van der Waals surface area contributed by atoms with Gasteiger partial charge < -0.3 is 9.80 Å². The Labute approximate surface area is 384 Å². The van der Waals surface area contributed by atoms with Gasteiger partial charge in [0.25, 0.3) is 0 Å². The van der Waals surface area contributed by atoms with Gasteiger partial charge in [0, 0.05) is 37.4 Å². The van der Waals surface area contributed by atoms with Gasteiger partial charge in [-0.15, -0.1) is 11.3 Å². The Hall–Kier alpha value is -7.46. The number of hydrogen-bond acceptors (Lipinski definition) is 3. The molecule has 0 radical (unpaired) electrons. The van der Waals surface area contributed by atoms with E-state index in [0.717, 1.165) is 17.1 Å². The molecule has 1 aliphatic carbocycles. The van der Waals surface area contributed by atoms with Gasteiger partial charge in [-0.05, 0) is 109 Å². The molecule has 0 saturated carbocycles. The topological polar surface area (TPSA) is 6.48 Å². The Kier molecular flexibility index (Phi) is 8.20. The fourth-order valence-corrected chi connectivity index (χ4v) is 12.5. The van der Waals surface area contributed by atoms with Crippen LogP contribution in [0.2, 0.25) is 0 Å². The van der Waals surface area contributed by atoms with Crippen LogP contribution in [0.5, 0.6) is 0 Å². The maximum absolute atomic E-state index is 2.60. The third kappa shape index (κ3) is 5.58. The van der Waals surface area contributed by atoms with Crippen LogP contribution in [-0.4, -0.2) is 0 Å². The molecule has 0 atom stereocenters. The van der Waals surface area contributed by atoms with Crippen LogP contribution in [0, 0.1) is 0 Å². The molecule has 0 bridgehead atoms. The van der Waals surface area contributed by atoms with E-state index in [-0.39, 0.29) is 10.8 Å². The SMILES string of the molecule is CC1(C)c2ccccc2-c2ccc(N(c3ccc4ccccc4c3N3c4ccccc4C(C)(C)c4ccc(-c5ccc6ccccc6c5)cc43)c3cccc4c3sc3ccccc34)cc21. The van der Waals surface area contributed by atoms with Crippen LogP contribution in [-0.2, 0) is 10.8 Å².